The molecule has 1 aliphatic carbocycles. The highest BCUT2D eigenvalue weighted by Crippen LogP contribution is 2.31. The van der Waals surface area contributed by atoms with Gasteiger partial charge in [0.25, 0.3) is 6.08 Å². The summed E-state index contributed by atoms with van der Waals surface area (Å²) >= 11 is 0. The molecule has 0 saturated heterocycles. The summed E-state index contributed by atoms with van der Waals surface area (Å²) in [5.74, 6) is 7.56. The first-order valence-corrected chi connectivity index (χ1v) is 11.4. The van der Waals surface area contributed by atoms with Gasteiger partial charge in [-0.15, -0.1) is 0 Å². The van der Waals surface area contributed by atoms with Gasteiger partial charge in [-0.3, -0.25) is 0 Å². The van der Waals surface area contributed by atoms with Gasteiger partial charge >= 0.3 is 0 Å². The summed E-state index contributed by atoms with van der Waals surface area (Å²) in [6.45, 7) is 2.26. The molecule has 164 valence electrons. The minimum absolute atomic E-state index is 0.105. The zero-order chi connectivity index (χ0) is 22.5. The normalized spacial score (nSPS) is 18.1. The Hall–Kier alpha value is -2.99. The molecule has 0 nitrogen and oxygen atoms in total. The molecule has 0 amide bonds. The molecule has 0 N–H and O–H groups in total. The SMILES string of the molecule is CCCC1CCC(C#Cc2ccc(-c3ccc4c(F)c(C=C(F)F)ccc4c3)cc2)CC1. The van der Waals surface area contributed by atoms with Crippen LogP contribution in [0.5, 0.6) is 0 Å². The van der Waals surface area contributed by atoms with Crippen LogP contribution in [0.25, 0.3) is 28.0 Å². The van der Waals surface area contributed by atoms with Crippen LogP contribution < -0.4 is 0 Å². The van der Waals surface area contributed by atoms with Crippen LogP contribution >= 0.6 is 0 Å². The molecular weight excluding hydrogens is 405 g/mol. The fourth-order valence-corrected chi connectivity index (χ4v) is 4.65. The van der Waals surface area contributed by atoms with E-state index in [9.17, 15) is 13.2 Å². The maximum Gasteiger partial charge on any atom is 0.271 e. The van der Waals surface area contributed by atoms with Crippen LogP contribution in [0.15, 0.2) is 60.7 Å². The lowest BCUT2D eigenvalue weighted by Gasteiger charge is -2.25. The third-order valence-electron chi connectivity index (χ3n) is 6.43. The maximum absolute atomic E-state index is 14.5. The fourth-order valence-electron chi connectivity index (χ4n) is 4.65. The van der Waals surface area contributed by atoms with Gasteiger partial charge in [-0.2, -0.15) is 8.78 Å². The summed E-state index contributed by atoms with van der Waals surface area (Å²) in [5.41, 5.74) is 2.86. The van der Waals surface area contributed by atoms with Crippen molar-refractivity contribution >= 4 is 16.8 Å². The summed E-state index contributed by atoms with van der Waals surface area (Å²) in [6, 6.07) is 16.5. The second-order valence-electron chi connectivity index (χ2n) is 8.69. The second kappa shape index (κ2) is 10.1. The predicted molar refractivity (Wildman–Crippen MR) is 127 cm³/mol. The van der Waals surface area contributed by atoms with E-state index in [2.05, 4.69) is 18.8 Å². The molecule has 1 aliphatic rings. The van der Waals surface area contributed by atoms with Crippen LogP contribution in [0.4, 0.5) is 13.2 Å². The monoisotopic (exact) mass is 432 g/mol. The highest BCUT2D eigenvalue weighted by Gasteiger charge is 2.18. The lowest BCUT2D eigenvalue weighted by Crippen LogP contribution is -2.13. The molecule has 3 aromatic carbocycles. The van der Waals surface area contributed by atoms with Crippen molar-refractivity contribution in [3.63, 3.8) is 0 Å². The molecule has 0 atom stereocenters. The van der Waals surface area contributed by atoms with Crippen molar-refractivity contribution in [1.82, 2.24) is 0 Å². The molecule has 3 aromatic rings. The Balaban J connectivity index is 1.48. The molecule has 0 radical (unpaired) electrons. The van der Waals surface area contributed by atoms with Crippen molar-refractivity contribution in [2.45, 2.75) is 45.4 Å². The lowest BCUT2D eigenvalue weighted by molar-refractivity contribution is 0.300. The predicted octanol–water partition coefficient (Wildman–Crippen LogP) is 8.84. The smallest absolute Gasteiger partial charge is 0.206 e. The van der Waals surface area contributed by atoms with E-state index >= 15 is 0 Å². The average Bonchev–Trinajstić information content (AvgIpc) is 2.80. The average molecular weight is 433 g/mol. The fraction of sp³-hybridized carbons (Fsp3) is 0.310. The summed E-state index contributed by atoms with van der Waals surface area (Å²) < 4.78 is 39.5. The number of benzene rings is 3. The second-order valence-corrected chi connectivity index (χ2v) is 8.69. The quantitative estimate of drug-likeness (QED) is 0.361. The van der Waals surface area contributed by atoms with Gasteiger partial charge in [-0.25, -0.2) is 4.39 Å². The Morgan fingerprint density at radius 1 is 0.938 bits per heavy atom. The Bertz CT molecular complexity index is 1170. The van der Waals surface area contributed by atoms with Crippen molar-refractivity contribution in [1.29, 1.82) is 0 Å². The molecule has 0 bridgehead atoms. The minimum Gasteiger partial charge on any atom is -0.206 e. The highest BCUT2D eigenvalue weighted by molar-refractivity contribution is 5.89. The Kier molecular flexibility index (Phi) is 7.00. The van der Waals surface area contributed by atoms with Crippen molar-refractivity contribution in [3.8, 4) is 23.0 Å². The number of hydrogen-bond acceptors (Lipinski definition) is 0. The van der Waals surface area contributed by atoms with Gasteiger partial charge < -0.3 is 0 Å². The number of fused-ring (bicyclic) bond motifs is 1. The molecule has 0 aromatic heterocycles. The molecular formula is C29H27F3. The summed E-state index contributed by atoms with van der Waals surface area (Å²) in [5, 5.41) is 1.01. The van der Waals surface area contributed by atoms with Crippen molar-refractivity contribution in [2.75, 3.05) is 0 Å². The van der Waals surface area contributed by atoms with Crippen molar-refractivity contribution in [3.05, 3.63) is 77.6 Å². The van der Waals surface area contributed by atoms with Gasteiger partial charge in [0.15, 0.2) is 0 Å². The molecule has 0 aliphatic heterocycles. The van der Waals surface area contributed by atoms with Crippen LogP contribution in [-0.2, 0) is 0 Å². The lowest BCUT2D eigenvalue weighted by atomic mass is 9.80. The van der Waals surface area contributed by atoms with Gasteiger partial charge in [-0.05, 0) is 66.3 Å². The van der Waals surface area contributed by atoms with Gasteiger partial charge in [-0.1, -0.05) is 68.0 Å². The van der Waals surface area contributed by atoms with Crippen LogP contribution in [0, 0.1) is 29.5 Å². The molecule has 0 spiro atoms. The summed E-state index contributed by atoms with van der Waals surface area (Å²) in [7, 11) is 0. The first-order valence-electron chi connectivity index (χ1n) is 11.4. The third kappa shape index (κ3) is 5.25. The van der Waals surface area contributed by atoms with Gasteiger partial charge in [0.1, 0.15) is 5.82 Å². The molecule has 1 saturated carbocycles. The van der Waals surface area contributed by atoms with Gasteiger partial charge in [0.2, 0.25) is 0 Å². The van der Waals surface area contributed by atoms with E-state index in [1.807, 2.05) is 36.4 Å². The van der Waals surface area contributed by atoms with E-state index < -0.39 is 11.9 Å². The number of rotatable bonds is 4. The first-order chi connectivity index (χ1) is 15.5. The van der Waals surface area contributed by atoms with Crippen LogP contribution in [0.1, 0.15) is 56.6 Å². The standard InChI is InChI=1S/C29H27F3/c1-2-3-20-4-6-21(7-5-20)8-9-22-10-12-23(13-11-22)24-16-17-27-25(18-24)14-15-26(29(27)32)19-28(30)31/h10-21H,2-7H2,1H3. The van der Waals surface area contributed by atoms with Crippen LogP contribution in [0.3, 0.4) is 0 Å². The zero-order valence-corrected chi connectivity index (χ0v) is 18.3. The Morgan fingerprint density at radius 2 is 1.66 bits per heavy atom. The molecule has 0 heterocycles. The maximum atomic E-state index is 14.5. The molecule has 3 heteroatoms. The van der Waals surface area contributed by atoms with Crippen molar-refractivity contribution < 1.29 is 13.2 Å². The molecule has 1 fully saturated rings. The largest absolute Gasteiger partial charge is 0.271 e. The van der Waals surface area contributed by atoms with E-state index in [0.717, 1.165) is 22.6 Å². The van der Waals surface area contributed by atoms with Crippen LogP contribution in [-0.4, -0.2) is 0 Å². The van der Waals surface area contributed by atoms with Crippen LogP contribution in [0.2, 0.25) is 0 Å². The van der Waals surface area contributed by atoms with Crippen molar-refractivity contribution in [2.24, 2.45) is 11.8 Å². The molecule has 4 rings (SSSR count). The number of halogens is 3. The first kappa shape index (κ1) is 22.2. The van der Waals surface area contributed by atoms with E-state index in [0.29, 0.717) is 22.8 Å². The number of hydrogen-bond donors (Lipinski definition) is 0. The topological polar surface area (TPSA) is 0 Å². The van der Waals surface area contributed by atoms with E-state index in [4.69, 9.17) is 0 Å². The van der Waals surface area contributed by atoms with Gasteiger partial charge in [0, 0.05) is 28.5 Å². The summed E-state index contributed by atoms with van der Waals surface area (Å²) in [4.78, 5) is 0. The van der Waals surface area contributed by atoms with Gasteiger partial charge in [0.05, 0.1) is 0 Å². The van der Waals surface area contributed by atoms with E-state index in [-0.39, 0.29) is 5.56 Å². The van der Waals surface area contributed by atoms with E-state index in [1.54, 1.807) is 12.1 Å². The van der Waals surface area contributed by atoms with E-state index in [1.165, 1.54) is 44.6 Å². The zero-order valence-electron chi connectivity index (χ0n) is 18.3. The molecule has 32 heavy (non-hydrogen) atoms. The summed E-state index contributed by atoms with van der Waals surface area (Å²) in [6.07, 6.45) is 6.28. The Morgan fingerprint density at radius 3 is 2.34 bits per heavy atom. The Labute approximate surface area is 188 Å². The minimum atomic E-state index is -1.91. The molecule has 0 unspecified atom stereocenters. The third-order valence-corrected chi connectivity index (χ3v) is 6.43. The highest BCUT2D eigenvalue weighted by atomic mass is 19.3.